The molecule has 0 unspecified atom stereocenters. The van der Waals surface area contributed by atoms with E-state index in [1.165, 1.54) is 11.3 Å². The summed E-state index contributed by atoms with van der Waals surface area (Å²) in [6.45, 7) is 2.07. The normalized spacial score (nSPS) is 18.9. The molecule has 1 aliphatic carbocycles. The van der Waals surface area contributed by atoms with Crippen LogP contribution in [0, 0.1) is 5.92 Å². The predicted molar refractivity (Wildman–Crippen MR) is 112 cm³/mol. The van der Waals surface area contributed by atoms with Gasteiger partial charge in [0.2, 0.25) is 0 Å². The number of benzene rings is 1. The van der Waals surface area contributed by atoms with E-state index in [4.69, 9.17) is 14.2 Å². The molecule has 0 bridgehead atoms. The highest BCUT2D eigenvalue weighted by Gasteiger charge is 2.36. The third-order valence-electron chi connectivity index (χ3n) is 4.92. The van der Waals surface area contributed by atoms with Crippen molar-refractivity contribution in [1.82, 2.24) is 5.32 Å². The SMILES string of the molecule is CCOC(=O)[C@H](c1cc(OC)ccc1OC)[C@@H]1C=C[C@H](NC(=O)c2cccs2)C1. The molecular formula is C22H25NO5S. The Morgan fingerprint density at radius 2 is 2.03 bits per heavy atom. The second-order valence-electron chi connectivity index (χ2n) is 6.68. The molecule has 1 aliphatic rings. The lowest BCUT2D eigenvalue weighted by Gasteiger charge is -2.24. The van der Waals surface area contributed by atoms with Crippen molar-refractivity contribution in [2.75, 3.05) is 20.8 Å². The Morgan fingerprint density at radius 1 is 1.21 bits per heavy atom. The largest absolute Gasteiger partial charge is 0.497 e. The van der Waals surface area contributed by atoms with Gasteiger partial charge < -0.3 is 19.5 Å². The molecule has 3 rings (SSSR count). The molecule has 0 saturated carbocycles. The number of esters is 1. The zero-order valence-electron chi connectivity index (χ0n) is 16.7. The number of thiophene rings is 1. The van der Waals surface area contributed by atoms with Crippen LogP contribution in [0.5, 0.6) is 11.5 Å². The van der Waals surface area contributed by atoms with E-state index in [-0.39, 0.29) is 30.4 Å². The average molecular weight is 416 g/mol. The maximum absolute atomic E-state index is 12.9. The first kappa shape index (κ1) is 20.9. The van der Waals surface area contributed by atoms with Crippen molar-refractivity contribution in [2.45, 2.75) is 25.3 Å². The van der Waals surface area contributed by atoms with Crippen molar-refractivity contribution in [1.29, 1.82) is 0 Å². The molecule has 154 valence electrons. The molecule has 1 N–H and O–H groups in total. The van der Waals surface area contributed by atoms with Crippen molar-refractivity contribution in [3.05, 3.63) is 58.3 Å². The summed E-state index contributed by atoms with van der Waals surface area (Å²) < 4.78 is 16.2. The second-order valence-corrected chi connectivity index (χ2v) is 7.63. The van der Waals surface area contributed by atoms with Crippen molar-refractivity contribution in [3.63, 3.8) is 0 Å². The van der Waals surface area contributed by atoms with Crippen molar-refractivity contribution >= 4 is 23.2 Å². The molecular weight excluding hydrogens is 390 g/mol. The zero-order chi connectivity index (χ0) is 20.8. The quantitative estimate of drug-likeness (QED) is 0.525. The Morgan fingerprint density at radius 3 is 2.69 bits per heavy atom. The van der Waals surface area contributed by atoms with Crippen LogP contribution in [0.4, 0.5) is 0 Å². The van der Waals surface area contributed by atoms with Gasteiger partial charge >= 0.3 is 5.97 Å². The van der Waals surface area contributed by atoms with Gasteiger partial charge in [-0.3, -0.25) is 9.59 Å². The zero-order valence-corrected chi connectivity index (χ0v) is 17.5. The summed E-state index contributed by atoms with van der Waals surface area (Å²) in [4.78, 5) is 25.9. The number of hydrogen-bond donors (Lipinski definition) is 1. The van der Waals surface area contributed by atoms with Gasteiger partial charge in [-0.05, 0) is 48.9 Å². The molecule has 6 nitrogen and oxygen atoms in total. The topological polar surface area (TPSA) is 73.9 Å². The molecule has 3 atom stereocenters. The molecule has 0 spiro atoms. The fourth-order valence-corrected chi connectivity index (χ4v) is 4.20. The molecule has 1 aromatic heterocycles. The van der Waals surface area contributed by atoms with Crippen LogP contribution >= 0.6 is 11.3 Å². The lowest BCUT2D eigenvalue weighted by atomic mass is 9.84. The van der Waals surface area contributed by atoms with Crippen LogP contribution in [0.1, 0.15) is 34.5 Å². The molecule has 0 fully saturated rings. The predicted octanol–water partition coefficient (Wildman–Crippen LogP) is 3.79. The minimum atomic E-state index is -0.556. The molecule has 0 radical (unpaired) electrons. The maximum atomic E-state index is 12.9. The number of amides is 1. The van der Waals surface area contributed by atoms with E-state index in [2.05, 4.69) is 5.32 Å². The summed E-state index contributed by atoms with van der Waals surface area (Å²) in [7, 11) is 3.15. The molecule has 1 aromatic carbocycles. The molecule has 2 aromatic rings. The number of carbonyl (C=O) groups is 2. The number of hydrogen-bond acceptors (Lipinski definition) is 6. The van der Waals surface area contributed by atoms with Crippen molar-refractivity contribution in [2.24, 2.45) is 5.92 Å². The highest BCUT2D eigenvalue weighted by atomic mass is 32.1. The van der Waals surface area contributed by atoms with Crippen LogP contribution in [0.15, 0.2) is 47.9 Å². The number of allylic oxidation sites excluding steroid dienone is 1. The van der Waals surface area contributed by atoms with Gasteiger partial charge in [-0.25, -0.2) is 0 Å². The smallest absolute Gasteiger partial charge is 0.314 e. The molecule has 29 heavy (non-hydrogen) atoms. The van der Waals surface area contributed by atoms with E-state index < -0.39 is 5.92 Å². The summed E-state index contributed by atoms with van der Waals surface area (Å²) in [5, 5.41) is 4.89. The Balaban J connectivity index is 1.83. The summed E-state index contributed by atoms with van der Waals surface area (Å²) in [6.07, 6.45) is 4.51. The van der Waals surface area contributed by atoms with Crippen molar-refractivity contribution in [3.8, 4) is 11.5 Å². The van der Waals surface area contributed by atoms with Gasteiger partial charge in [-0.1, -0.05) is 18.2 Å². The Bertz CT molecular complexity index is 877. The highest BCUT2D eigenvalue weighted by molar-refractivity contribution is 7.12. The van der Waals surface area contributed by atoms with Crippen LogP contribution in [0.3, 0.4) is 0 Å². The first-order valence-electron chi connectivity index (χ1n) is 9.48. The minimum Gasteiger partial charge on any atom is -0.497 e. The van der Waals surface area contributed by atoms with Gasteiger partial charge in [0.1, 0.15) is 11.5 Å². The van der Waals surface area contributed by atoms with Gasteiger partial charge in [0, 0.05) is 11.6 Å². The summed E-state index contributed by atoms with van der Waals surface area (Å²) in [5.74, 6) is 0.118. The molecule has 1 heterocycles. The third-order valence-corrected chi connectivity index (χ3v) is 5.79. The molecule has 0 saturated heterocycles. The molecule has 7 heteroatoms. The lowest BCUT2D eigenvalue weighted by molar-refractivity contribution is -0.146. The molecule has 1 amide bonds. The van der Waals surface area contributed by atoms with Crippen LogP contribution in [0.25, 0.3) is 0 Å². The Labute approximate surface area is 174 Å². The van der Waals surface area contributed by atoms with Gasteiger partial charge in [-0.15, -0.1) is 11.3 Å². The van der Waals surface area contributed by atoms with Gasteiger partial charge in [-0.2, -0.15) is 0 Å². The monoisotopic (exact) mass is 415 g/mol. The van der Waals surface area contributed by atoms with E-state index in [1.807, 2.05) is 29.7 Å². The van der Waals surface area contributed by atoms with E-state index in [9.17, 15) is 9.59 Å². The van der Waals surface area contributed by atoms with E-state index in [0.717, 1.165) is 0 Å². The Kier molecular flexibility index (Phi) is 6.93. The summed E-state index contributed by atoms with van der Waals surface area (Å²) in [5.41, 5.74) is 0.713. The first-order valence-corrected chi connectivity index (χ1v) is 10.4. The maximum Gasteiger partial charge on any atom is 0.314 e. The lowest BCUT2D eigenvalue weighted by Crippen LogP contribution is -2.33. The van der Waals surface area contributed by atoms with Crippen LogP contribution < -0.4 is 14.8 Å². The van der Waals surface area contributed by atoms with Crippen LogP contribution in [0.2, 0.25) is 0 Å². The Hall–Kier alpha value is -2.80. The fraction of sp³-hybridized carbons (Fsp3) is 0.364. The fourth-order valence-electron chi connectivity index (χ4n) is 3.58. The van der Waals surface area contributed by atoms with Gasteiger partial charge in [0.15, 0.2) is 0 Å². The number of carbonyl (C=O) groups excluding carboxylic acids is 2. The van der Waals surface area contributed by atoms with E-state index in [0.29, 0.717) is 28.4 Å². The second kappa shape index (κ2) is 9.60. The summed E-state index contributed by atoms with van der Waals surface area (Å²) >= 11 is 1.40. The van der Waals surface area contributed by atoms with Crippen LogP contribution in [-0.2, 0) is 9.53 Å². The number of methoxy groups -OCH3 is 2. The number of ether oxygens (including phenoxy) is 3. The number of rotatable bonds is 8. The van der Waals surface area contributed by atoms with Crippen molar-refractivity contribution < 1.29 is 23.8 Å². The highest BCUT2D eigenvalue weighted by Crippen LogP contribution is 2.40. The summed E-state index contributed by atoms with van der Waals surface area (Å²) in [6, 6.07) is 8.88. The molecule has 0 aliphatic heterocycles. The average Bonchev–Trinajstić information content (AvgIpc) is 3.41. The third kappa shape index (κ3) is 4.79. The van der Waals surface area contributed by atoms with Gasteiger partial charge in [0.25, 0.3) is 5.91 Å². The van der Waals surface area contributed by atoms with E-state index in [1.54, 1.807) is 39.3 Å². The first-order chi connectivity index (χ1) is 14.1. The van der Waals surface area contributed by atoms with Crippen LogP contribution in [-0.4, -0.2) is 38.7 Å². The van der Waals surface area contributed by atoms with E-state index >= 15 is 0 Å². The number of nitrogens with one attached hydrogen (secondary N) is 1. The standard InChI is InChI=1S/C22H25NO5S/c1-4-28-22(25)20(17-13-16(26-2)9-10-18(17)27-3)14-7-8-15(12-14)23-21(24)19-6-5-11-29-19/h5-11,13-15,20H,4,12H2,1-3H3,(H,23,24)/t14-,15+,20+/m1/s1. The van der Waals surface area contributed by atoms with Gasteiger partial charge in [0.05, 0.1) is 31.6 Å². The minimum absolute atomic E-state index is 0.109.